The molecule has 0 spiro atoms. The van der Waals surface area contributed by atoms with Crippen molar-refractivity contribution in [3.63, 3.8) is 0 Å². The summed E-state index contributed by atoms with van der Waals surface area (Å²) in [5, 5.41) is 24.0. The van der Waals surface area contributed by atoms with E-state index in [1.165, 1.54) is 10.9 Å². The lowest BCUT2D eigenvalue weighted by Crippen LogP contribution is -2.01. The Labute approximate surface area is 114 Å². The van der Waals surface area contributed by atoms with Crippen LogP contribution in [0.1, 0.15) is 16.1 Å². The van der Waals surface area contributed by atoms with Crippen molar-refractivity contribution in [2.24, 2.45) is 7.05 Å². The molecule has 102 valence electrons. The zero-order valence-corrected chi connectivity index (χ0v) is 11.0. The zero-order valence-electron chi connectivity index (χ0n) is 11.0. The molecule has 0 aliphatic heterocycles. The van der Waals surface area contributed by atoms with Gasteiger partial charge in [0.2, 0.25) is 0 Å². The molecule has 0 saturated carbocycles. The third-order valence-electron chi connectivity index (χ3n) is 3.40. The predicted molar refractivity (Wildman–Crippen MR) is 73.9 cm³/mol. The fourth-order valence-corrected chi connectivity index (χ4v) is 2.55. The fraction of sp³-hybridized carbons (Fsp3) is 0.143. The van der Waals surface area contributed by atoms with Crippen LogP contribution in [0.4, 0.5) is 0 Å². The second kappa shape index (κ2) is 4.12. The average Bonchev–Trinajstić information content (AvgIpc) is 2.90. The monoisotopic (exact) mass is 271 g/mol. The third-order valence-corrected chi connectivity index (χ3v) is 3.40. The van der Waals surface area contributed by atoms with Crippen LogP contribution < -0.4 is 0 Å². The maximum absolute atomic E-state index is 11.3. The minimum Gasteiger partial charge on any atom is -0.507 e. The molecule has 0 saturated heterocycles. The van der Waals surface area contributed by atoms with Gasteiger partial charge in [-0.1, -0.05) is 6.07 Å². The number of phenols is 1. The SMILES string of the molecule is Cc1[nH]c2cccc(O)c2c1-c1c(C(=O)O)cnn1C. The molecule has 6 nitrogen and oxygen atoms in total. The molecule has 3 aromatic rings. The van der Waals surface area contributed by atoms with Gasteiger partial charge < -0.3 is 15.2 Å². The Balaban J connectivity index is 2.44. The van der Waals surface area contributed by atoms with Gasteiger partial charge in [0.15, 0.2) is 0 Å². The van der Waals surface area contributed by atoms with E-state index in [1.807, 2.05) is 13.0 Å². The molecule has 6 heteroatoms. The highest BCUT2D eigenvalue weighted by Crippen LogP contribution is 2.38. The first-order chi connectivity index (χ1) is 9.50. The van der Waals surface area contributed by atoms with Gasteiger partial charge in [0.25, 0.3) is 0 Å². The molecular weight excluding hydrogens is 258 g/mol. The number of rotatable bonds is 2. The van der Waals surface area contributed by atoms with E-state index in [9.17, 15) is 15.0 Å². The van der Waals surface area contributed by atoms with E-state index < -0.39 is 5.97 Å². The summed E-state index contributed by atoms with van der Waals surface area (Å²) in [5.74, 6) is -0.934. The van der Waals surface area contributed by atoms with Crippen molar-refractivity contribution < 1.29 is 15.0 Å². The van der Waals surface area contributed by atoms with E-state index in [0.717, 1.165) is 11.2 Å². The van der Waals surface area contributed by atoms with Crippen molar-refractivity contribution in [3.8, 4) is 17.0 Å². The number of aromatic nitrogens is 3. The lowest BCUT2D eigenvalue weighted by molar-refractivity contribution is 0.0697. The van der Waals surface area contributed by atoms with Gasteiger partial charge in [-0.05, 0) is 19.1 Å². The van der Waals surface area contributed by atoms with Crippen molar-refractivity contribution in [2.75, 3.05) is 0 Å². The molecule has 0 aliphatic carbocycles. The number of hydrogen-bond acceptors (Lipinski definition) is 3. The maximum Gasteiger partial charge on any atom is 0.339 e. The van der Waals surface area contributed by atoms with Crippen LogP contribution in [-0.2, 0) is 7.05 Å². The summed E-state index contributed by atoms with van der Waals surface area (Å²) in [5.41, 5.74) is 2.79. The lowest BCUT2D eigenvalue weighted by atomic mass is 10.0. The second-order valence-corrected chi connectivity index (χ2v) is 4.66. The Morgan fingerprint density at radius 3 is 2.85 bits per heavy atom. The van der Waals surface area contributed by atoms with Gasteiger partial charge in [0.1, 0.15) is 11.3 Å². The molecule has 0 unspecified atom stereocenters. The molecule has 0 aliphatic rings. The molecular formula is C14H13N3O3. The van der Waals surface area contributed by atoms with Crippen molar-refractivity contribution in [2.45, 2.75) is 6.92 Å². The number of aryl methyl sites for hydroxylation is 2. The van der Waals surface area contributed by atoms with E-state index in [4.69, 9.17) is 0 Å². The molecule has 20 heavy (non-hydrogen) atoms. The smallest absolute Gasteiger partial charge is 0.339 e. The highest BCUT2D eigenvalue weighted by atomic mass is 16.4. The standard InChI is InChI=1S/C14H13N3O3/c1-7-11(12-9(16-7)4-3-5-10(12)18)13-8(14(19)20)6-15-17(13)2/h3-6,16,18H,1-2H3,(H,19,20). The third kappa shape index (κ3) is 1.58. The number of fused-ring (bicyclic) bond motifs is 1. The number of aromatic carboxylic acids is 1. The summed E-state index contributed by atoms with van der Waals surface area (Å²) in [6.07, 6.45) is 1.32. The van der Waals surface area contributed by atoms with Gasteiger partial charge in [0.05, 0.1) is 22.8 Å². The summed E-state index contributed by atoms with van der Waals surface area (Å²) >= 11 is 0. The highest BCUT2D eigenvalue weighted by Gasteiger charge is 2.23. The fourth-order valence-electron chi connectivity index (χ4n) is 2.55. The summed E-state index contributed by atoms with van der Waals surface area (Å²) in [7, 11) is 1.68. The molecule has 0 bridgehead atoms. The van der Waals surface area contributed by atoms with Crippen LogP contribution in [0.25, 0.3) is 22.2 Å². The molecule has 1 aromatic carbocycles. The molecule has 0 fully saturated rings. The summed E-state index contributed by atoms with van der Waals surface area (Å²) in [6, 6.07) is 5.15. The predicted octanol–water partition coefficient (Wildman–Crippen LogP) is 2.28. The van der Waals surface area contributed by atoms with E-state index in [1.54, 1.807) is 19.2 Å². The Hall–Kier alpha value is -2.76. The number of carboxylic acids is 1. The van der Waals surface area contributed by atoms with E-state index in [0.29, 0.717) is 16.6 Å². The zero-order chi connectivity index (χ0) is 14.4. The number of carbonyl (C=O) groups is 1. The molecule has 0 amide bonds. The molecule has 2 aromatic heterocycles. The van der Waals surface area contributed by atoms with Gasteiger partial charge in [-0.2, -0.15) is 5.10 Å². The van der Waals surface area contributed by atoms with Crippen molar-refractivity contribution in [3.05, 3.63) is 35.7 Å². The number of benzene rings is 1. The van der Waals surface area contributed by atoms with Crippen molar-refractivity contribution >= 4 is 16.9 Å². The lowest BCUT2D eigenvalue weighted by Gasteiger charge is -2.05. The number of H-pyrrole nitrogens is 1. The normalized spacial score (nSPS) is 11.1. The average molecular weight is 271 g/mol. The van der Waals surface area contributed by atoms with E-state index in [-0.39, 0.29) is 11.3 Å². The van der Waals surface area contributed by atoms with Crippen LogP contribution >= 0.6 is 0 Å². The molecule has 3 N–H and O–H groups in total. The molecule has 3 rings (SSSR count). The molecule has 0 atom stereocenters. The first-order valence-corrected chi connectivity index (χ1v) is 6.06. The largest absolute Gasteiger partial charge is 0.507 e. The van der Waals surface area contributed by atoms with Gasteiger partial charge >= 0.3 is 5.97 Å². The van der Waals surface area contributed by atoms with Crippen LogP contribution in [0.3, 0.4) is 0 Å². The van der Waals surface area contributed by atoms with Crippen LogP contribution in [0, 0.1) is 6.92 Å². The Morgan fingerprint density at radius 2 is 2.15 bits per heavy atom. The number of carboxylic acid groups (broad SMARTS) is 1. The maximum atomic E-state index is 11.3. The first-order valence-electron chi connectivity index (χ1n) is 6.06. The van der Waals surface area contributed by atoms with Gasteiger partial charge in [-0.3, -0.25) is 4.68 Å². The number of nitrogens with zero attached hydrogens (tertiary/aromatic N) is 2. The number of hydrogen-bond donors (Lipinski definition) is 3. The summed E-state index contributed by atoms with van der Waals surface area (Å²) < 4.78 is 1.51. The van der Waals surface area contributed by atoms with Crippen molar-refractivity contribution in [1.82, 2.24) is 14.8 Å². The Kier molecular flexibility index (Phi) is 2.53. The molecule has 0 radical (unpaired) electrons. The van der Waals surface area contributed by atoms with Crippen LogP contribution in [0.15, 0.2) is 24.4 Å². The topological polar surface area (TPSA) is 91.1 Å². The van der Waals surface area contributed by atoms with Crippen LogP contribution in [0.5, 0.6) is 5.75 Å². The Morgan fingerprint density at radius 1 is 1.40 bits per heavy atom. The van der Waals surface area contributed by atoms with Gasteiger partial charge in [-0.15, -0.1) is 0 Å². The summed E-state index contributed by atoms with van der Waals surface area (Å²) in [6.45, 7) is 1.84. The van der Waals surface area contributed by atoms with Crippen LogP contribution in [-0.4, -0.2) is 30.9 Å². The first kappa shape index (κ1) is 12.3. The van der Waals surface area contributed by atoms with Gasteiger partial charge in [-0.25, -0.2) is 4.79 Å². The number of aromatic hydroxyl groups is 1. The summed E-state index contributed by atoms with van der Waals surface area (Å²) in [4.78, 5) is 14.5. The minimum atomic E-state index is -1.04. The number of phenolic OH excluding ortho intramolecular Hbond substituents is 1. The quantitative estimate of drug-likeness (QED) is 0.666. The second-order valence-electron chi connectivity index (χ2n) is 4.66. The van der Waals surface area contributed by atoms with Crippen molar-refractivity contribution in [1.29, 1.82) is 0 Å². The van der Waals surface area contributed by atoms with E-state index in [2.05, 4.69) is 10.1 Å². The number of aromatic amines is 1. The Bertz CT molecular complexity index is 830. The minimum absolute atomic E-state index is 0.111. The van der Waals surface area contributed by atoms with Gasteiger partial charge in [0, 0.05) is 18.3 Å². The van der Waals surface area contributed by atoms with Crippen LogP contribution in [0.2, 0.25) is 0 Å². The highest BCUT2D eigenvalue weighted by molar-refractivity contribution is 6.05. The molecule has 2 heterocycles. The van der Waals surface area contributed by atoms with E-state index >= 15 is 0 Å². The number of nitrogens with one attached hydrogen (secondary N) is 1.